The first-order valence-electron chi connectivity index (χ1n) is 8.58. The predicted octanol–water partition coefficient (Wildman–Crippen LogP) is 5.32. The van der Waals surface area contributed by atoms with Crippen molar-refractivity contribution < 1.29 is 9.59 Å². The van der Waals surface area contributed by atoms with Crippen LogP contribution in [0.2, 0.25) is 0 Å². The molecule has 2 amide bonds. The molecular formula is C20H24N2O2S. The van der Waals surface area contributed by atoms with Gasteiger partial charge in [-0.2, -0.15) is 0 Å². The maximum Gasteiger partial charge on any atom is 0.224 e. The molecule has 0 atom stereocenters. The van der Waals surface area contributed by atoms with Gasteiger partial charge in [-0.05, 0) is 61.4 Å². The molecule has 0 aromatic heterocycles. The Morgan fingerprint density at radius 2 is 1.08 bits per heavy atom. The van der Waals surface area contributed by atoms with Gasteiger partial charge in [-0.15, -0.1) is 0 Å². The number of hydrogen-bond donors (Lipinski definition) is 2. The molecule has 0 aliphatic rings. The molecule has 0 aliphatic carbocycles. The average Bonchev–Trinajstić information content (AvgIpc) is 2.59. The molecule has 0 saturated carbocycles. The molecule has 4 nitrogen and oxygen atoms in total. The fraction of sp³-hybridized carbons (Fsp3) is 0.300. The summed E-state index contributed by atoms with van der Waals surface area (Å²) in [6.45, 7) is 3.97. The first-order chi connectivity index (χ1) is 12.1. The van der Waals surface area contributed by atoms with Crippen molar-refractivity contribution in [2.45, 2.75) is 49.3 Å². The molecule has 0 unspecified atom stereocenters. The van der Waals surface area contributed by atoms with Crippen LogP contribution in [0.25, 0.3) is 0 Å². The molecule has 0 spiro atoms. The number of rotatable bonds is 8. The maximum absolute atomic E-state index is 11.6. The van der Waals surface area contributed by atoms with Crippen LogP contribution >= 0.6 is 11.8 Å². The molecule has 2 N–H and O–H groups in total. The van der Waals surface area contributed by atoms with Crippen LogP contribution in [0.1, 0.15) is 39.5 Å². The Bertz CT molecular complexity index is 635. The third kappa shape index (κ3) is 6.63. The topological polar surface area (TPSA) is 58.2 Å². The summed E-state index contributed by atoms with van der Waals surface area (Å²) in [7, 11) is 0. The highest BCUT2D eigenvalue weighted by molar-refractivity contribution is 7.99. The molecule has 0 aliphatic heterocycles. The highest BCUT2D eigenvalue weighted by Crippen LogP contribution is 2.29. The van der Waals surface area contributed by atoms with Crippen LogP contribution in [0.3, 0.4) is 0 Å². The van der Waals surface area contributed by atoms with Crippen LogP contribution in [0.15, 0.2) is 58.3 Å². The van der Waals surface area contributed by atoms with E-state index in [1.807, 2.05) is 62.4 Å². The van der Waals surface area contributed by atoms with Crippen LogP contribution in [0.5, 0.6) is 0 Å². The number of amides is 2. The summed E-state index contributed by atoms with van der Waals surface area (Å²) >= 11 is 1.64. The van der Waals surface area contributed by atoms with E-state index >= 15 is 0 Å². The minimum atomic E-state index is 0.0450. The second-order valence-corrected chi connectivity index (χ2v) is 6.89. The monoisotopic (exact) mass is 356 g/mol. The van der Waals surface area contributed by atoms with Crippen molar-refractivity contribution in [3.05, 3.63) is 48.5 Å². The molecule has 0 radical (unpaired) electrons. The van der Waals surface area contributed by atoms with E-state index in [4.69, 9.17) is 0 Å². The average molecular weight is 356 g/mol. The minimum absolute atomic E-state index is 0.0450. The first-order valence-corrected chi connectivity index (χ1v) is 9.40. The molecule has 0 heterocycles. The maximum atomic E-state index is 11.6. The quantitative estimate of drug-likeness (QED) is 0.673. The third-order valence-corrected chi connectivity index (χ3v) is 4.48. The van der Waals surface area contributed by atoms with Gasteiger partial charge in [0.05, 0.1) is 0 Å². The number of carbonyl (C=O) groups is 2. The molecule has 132 valence electrons. The second-order valence-electron chi connectivity index (χ2n) is 5.75. The third-order valence-electron chi connectivity index (χ3n) is 3.47. The van der Waals surface area contributed by atoms with Crippen LogP contribution in [0, 0.1) is 0 Å². The molecule has 0 fully saturated rings. The summed E-state index contributed by atoms with van der Waals surface area (Å²) in [4.78, 5) is 25.4. The van der Waals surface area contributed by atoms with Gasteiger partial charge >= 0.3 is 0 Å². The van der Waals surface area contributed by atoms with Gasteiger partial charge in [0.15, 0.2) is 0 Å². The Labute approximate surface area is 153 Å². The van der Waals surface area contributed by atoms with E-state index in [1.165, 1.54) is 0 Å². The Hall–Kier alpha value is -2.27. The largest absolute Gasteiger partial charge is 0.326 e. The number of hydrogen-bond acceptors (Lipinski definition) is 3. The van der Waals surface area contributed by atoms with Crippen molar-refractivity contribution in [1.29, 1.82) is 0 Å². The van der Waals surface area contributed by atoms with Crippen LogP contribution < -0.4 is 10.6 Å². The smallest absolute Gasteiger partial charge is 0.224 e. The van der Waals surface area contributed by atoms with Crippen molar-refractivity contribution >= 4 is 35.0 Å². The predicted molar refractivity (Wildman–Crippen MR) is 104 cm³/mol. The van der Waals surface area contributed by atoms with E-state index < -0.39 is 0 Å². The Kier molecular flexibility index (Phi) is 7.54. The minimum Gasteiger partial charge on any atom is -0.326 e. The normalized spacial score (nSPS) is 10.3. The molecule has 2 rings (SSSR count). The van der Waals surface area contributed by atoms with Crippen molar-refractivity contribution in [2.75, 3.05) is 10.6 Å². The molecule has 5 heteroatoms. The van der Waals surface area contributed by atoms with Crippen LogP contribution in [-0.2, 0) is 9.59 Å². The lowest BCUT2D eigenvalue weighted by Gasteiger charge is -2.07. The van der Waals surface area contributed by atoms with Crippen molar-refractivity contribution in [1.82, 2.24) is 0 Å². The Balaban J connectivity index is 1.91. The molecule has 0 bridgehead atoms. The van der Waals surface area contributed by atoms with E-state index in [0.717, 1.165) is 34.0 Å². The zero-order valence-electron chi connectivity index (χ0n) is 14.7. The highest BCUT2D eigenvalue weighted by atomic mass is 32.2. The summed E-state index contributed by atoms with van der Waals surface area (Å²) in [5.74, 6) is 0.0900. The first kappa shape index (κ1) is 19.1. The fourth-order valence-electron chi connectivity index (χ4n) is 2.25. The molecule has 25 heavy (non-hydrogen) atoms. The van der Waals surface area contributed by atoms with Crippen LogP contribution in [0.4, 0.5) is 11.4 Å². The van der Waals surface area contributed by atoms with E-state index in [9.17, 15) is 9.59 Å². The lowest BCUT2D eigenvalue weighted by molar-refractivity contribution is -0.117. The van der Waals surface area contributed by atoms with Crippen molar-refractivity contribution in [2.24, 2.45) is 0 Å². The van der Waals surface area contributed by atoms with Gasteiger partial charge in [-0.3, -0.25) is 9.59 Å². The lowest BCUT2D eigenvalue weighted by atomic mass is 10.3. The number of anilines is 2. The molecule has 2 aromatic rings. The summed E-state index contributed by atoms with van der Waals surface area (Å²) < 4.78 is 0. The second kappa shape index (κ2) is 9.89. The highest BCUT2D eigenvalue weighted by Gasteiger charge is 2.03. The van der Waals surface area contributed by atoms with Gasteiger partial charge in [-0.25, -0.2) is 0 Å². The van der Waals surface area contributed by atoms with Gasteiger partial charge < -0.3 is 10.6 Å². The lowest BCUT2D eigenvalue weighted by Crippen LogP contribution is -2.10. The van der Waals surface area contributed by atoms with Crippen LogP contribution in [-0.4, -0.2) is 11.8 Å². The van der Waals surface area contributed by atoms with Gasteiger partial charge in [0.25, 0.3) is 0 Å². The number of carbonyl (C=O) groups excluding carboxylic acids is 2. The van der Waals surface area contributed by atoms with Gasteiger partial charge in [0.2, 0.25) is 11.8 Å². The van der Waals surface area contributed by atoms with Gasteiger partial charge in [0, 0.05) is 34.0 Å². The van der Waals surface area contributed by atoms with Gasteiger partial charge in [0.1, 0.15) is 0 Å². The molecule has 0 saturated heterocycles. The summed E-state index contributed by atoms with van der Waals surface area (Å²) in [6.07, 6.45) is 2.76. The zero-order valence-corrected chi connectivity index (χ0v) is 15.5. The standard InChI is InChI=1S/C20H24N2O2S/c1-3-5-19(23)21-15-7-11-17(12-8-15)25-18-13-9-16(10-14-18)22-20(24)6-4-2/h7-14H,3-6H2,1-2H3,(H,21,23)(H,22,24). The van der Waals surface area contributed by atoms with E-state index in [-0.39, 0.29) is 11.8 Å². The zero-order chi connectivity index (χ0) is 18.1. The summed E-state index contributed by atoms with van der Waals surface area (Å²) in [6, 6.07) is 15.6. The number of benzene rings is 2. The van der Waals surface area contributed by atoms with E-state index in [2.05, 4.69) is 10.6 Å². The van der Waals surface area contributed by atoms with Gasteiger partial charge in [-0.1, -0.05) is 25.6 Å². The summed E-state index contributed by atoms with van der Waals surface area (Å²) in [5, 5.41) is 5.76. The SMILES string of the molecule is CCCC(=O)Nc1ccc(Sc2ccc(NC(=O)CCC)cc2)cc1. The number of nitrogens with one attached hydrogen (secondary N) is 2. The van der Waals surface area contributed by atoms with E-state index in [1.54, 1.807) is 11.8 Å². The Morgan fingerprint density at radius 1 is 0.720 bits per heavy atom. The Morgan fingerprint density at radius 3 is 1.40 bits per heavy atom. The molecule has 2 aromatic carbocycles. The van der Waals surface area contributed by atoms with E-state index in [0.29, 0.717) is 12.8 Å². The molecular weight excluding hydrogens is 332 g/mol. The fourth-order valence-corrected chi connectivity index (χ4v) is 3.07. The summed E-state index contributed by atoms with van der Waals surface area (Å²) in [5.41, 5.74) is 1.63. The van der Waals surface area contributed by atoms with Crippen molar-refractivity contribution in [3.63, 3.8) is 0 Å². The van der Waals surface area contributed by atoms with Crippen molar-refractivity contribution in [3.8, 4) is 0 Å².